The van der Waals surface area contributed by atoms with Gasteiger partial charge in [-0.05, 0) is 72.6 Å². The Labute approximate surface area is 196 Å². The van der Waals surface area contributed by atoms with Crippen molar-refractivity contribution >= 4 is 15.7 Å². The predicted octanol–water partition coefficient (Wildman–Crippen LogP) is 4.62. The zero-order valence-electron chi connectivity index (χ0n) is 19.4. The Kier molecular flexibility index (Phi) is 9.31. The number of methoxy groups -OCH3 is 2. The number of hydrogen-bond acceptors (Lipinski definition) is 7. The molecule has 3 rings (SSSR count). The Morgan fingerprint density at radius 3 is 1.67 bits per heavy atom. The Balaban J connectivity index is 1.84. The van der Waals surface area contributed by atoms with Crippen LogP contribution in [0.4, 0.5) is 0 Å². The fourth-order valence-corrected chi connectivity index (χ4v) is 4.37. The summed E-state index contributed by atoms with van der Waals surface area (Å²) in [6.07, 6.45) is 4.64. The van der Waals surface area contributed by atoms with Crippen molar-refractivity contribution in [1.29, 1.82) is 0 Å². The minimum Gasteiger partial charge on any atom is -0.468 e. The summed E-state index contributed by atoms with van der Waals surface area (Å²) in [5, 5.41) is 0. The molecule has 33 heavy (non-hydrogen) atoms. The van der Waals surface area contributed by atoms with Crippen molar-refractivity contribution in [3.63, 3.8) is 0 Å². The van der Waals surface area contributed by atoms with Crippen molar-refractivity contribution in [2.45, 2.75) is 25.7 Å². The van der Waals surface area contributed by atoms with Gasteiger partial charge in [0, 0.05) is 14.2 Å². The standard InChI is InChI=1S/C25H32O7S/c1-28-17-30-23-12-8-21(9-13-23)25(22-10-14-24(15-11-22)31-18-29-2)20-6-4-19(5-7-20)16-32-33(3,26)27/h8-15,19H,4-7,16-18H2,1-3H3. The van der Waals surface area contributed by atoms with E-state index in [1.165, 1.54) is 11.1 Å². The minimum atomic E-state index is -3.41. The summed E-state index contributed by atoms with van der Waals surface area (Å²) in [6, 6.07) is 16.0. The molecular formula is C25H32O7S. The quantitative estimate of drug-likeness (QED) is 0.346. The molecule has 1 aliphatic carbocycles. The molecule has 1 aliphatic rings. The van der Waals surface area contributed by atoms with Gasteiger partial charge in [0.15, 0.2) is 13.6 Å². The highest BCUT2D eigenvalue weighted by molar-refractivity contribution is 7.85. The van der Waals surface area contributed by atoms with Crippen LogP contribution >= 0.6 is 0 Å². The molecule has 0 bridgehead atoms. The van der Waals surface area contributed by atoms with Crippen LogP contribution in [0.5, 0.6) is 11.5 Å². The van der Waals surface area contributed by atoms with Gasteiger partial charge in [-0.25, -0.2) is 0 Å². The van der Waals surface area contributed by atoms with E-state index < -0.39 is 10.1 Å². The zero-order chi connectivity index (χ0) is 23.7. The highest BCUT2D eigenvalue weighted by Gasteiger charge is 2.22. The second kappa shape index (κ2) is 12.2. The van der Waals surface area contributed by atoms with E-state index >= 15 is 0 Å². The van der Waals surface area contributed by atoms with Gasteiger partial charge >= 0.3 is 0 Å². The van der Waals surface area contributed by atoms with Crippen LogP contribution in [0.3, 0.4) is 0 Å². The Morgan fingerprint density at radius 1 is 0.818 bits per heavy atom. The van der Waals surface area contributed by atoms with E-state index in [1.54, 1.807) is 14.2 Å². The Hall–Kier alpha value is -2.39. The molecule has 0 atom stereocenters. The molecule has 2 aromatic rings. The van der Waals surface area contributed by atoms with Gasteiger partial charge in [-0.15, -0.1) is 0 Å². The third-order valence-corrected chi connectivity index (χ3v) is 6.12. The average molecular weight is 477 g/mol. The Bertz CT molecular complexity index is 948. The van der Waals surface area contributed by atoms with Crippen LogP contribution in [0.15, 0.2) is 54.1 Å². The lowest BCUT2D eigenvalue weighted by Crippen LogP contribution is -2.17. The predicted molar refractivity (Wildman–Crippen MR) is 127 cm³/mol. The largest absolute Gasteiger partial charge is 0.468 e. The highest BCUT2D eigenvalue weighted by atomic mass is 32.2. The molecule has 0 amide bonds. The number of ether oxygens (including phenoxy) is 4. The molecule has 0 aliphatic heterocycles. The fourth-order valence-electron chi connectivity index (χ4n) is 3.93. The maximum Gasteiger partial charge on any atom is 0.264 e. The Morgan fingerprint density at radius 2 is 1.27 bits per heavy atom. The SMILES string of the molecule is COCOc1ccc(C(=C2CCC(COS(C)(=O)=O)CC2)c2ccc(OCOC)cc2)cc1. The van der Waals surface area contributed by atoms with Crippen molar-refractivity contribution in [2.24, 2.45) is 5.92 Å². The summed E-state index contributed by atoms with van der Waals surface area (Å²) in [6.45, 7) is 0.652. The molecule has 1 fully saturated rings. The summed E-state index contributed by atoms with van der Waals surface area (Å²) in [7, 11) is -0.232. The molecular weight excluding hydrogens is 444 g/mol. The molecule has 0 radical (unpaired) electrons. The summed E-state index contributed by atoms with van der Waals surface area (Å²) in [5.41, 5.74) is 4.74. The van der Waals surface area contributed by atoms with Crippen LogP contribution in [-0.2, 0) is 23.8 Å². The van der Waals surface area contributed by atoms with Gasteiger partial charge in [0.05, 0.1) is 12.9 Å². The van der Waals surface area contributed by atoms with Gasteiger partial charge in [0.25, 0.3) is 10.1 Å². The van der Waals surface area contributed by atoms with Crippen molar-refractivity contribution in [1.82, 2.24) is 0 Å². The van der Waals surface area contributed by atoms with Crippen LogP contribution in [0.1, 0.15) is 36.8 Å². The van der Waals surface area contributed by atoms with Crippen molar-refractivity contribution in [3.05, 3.63) is 65.2 Å². The van der Waals surface area contributed by atoms with E-state index in [0.29, 0.717) is 0 Å². The summed E-state index contributed by atoms with van der Waals surface area (Å²) >= 11 is 0. The van der Waals surface area contributed by atoms with Crippen molar-refractivity contribution in [3.8, 4) is 11.5 Å². The van der Waals surface area contributed by atoms with Crippen LogP contribution in [0, 0.1) is 5.92 Å². The second-order valence-corrected chi connectivity index (χ2v) is 9.71. The lowest BCUT2D eigenvalue weighted by molar-refractivity contribution is 0.0509. The molecule has 0 saturated heterocycles. The van der Waals surface area contributed by atoms with E-state index in [9.17, 15) is 8.42 Å². The first kappa shape index (κ1) is 25.2. The minimum absolute atomic E-state index is 0.202. The first-order valence-electron chi connectivity index (χ1n) is 10.9. The molecule has 1 saturated carbocycles. The monoisotopic (exact) mass is 476 g/mol. The van der Waals surface area contributed by atoms with Gasteiger partial charge in [-0.1, -0.05) is 29.8 Å². The third-order valence-electron chi connectivity index (χ3n) is 5.55. The lowest BCUT2D eigenvalue weighted by Gasteiger charge is -2.26. The average Bonchev–Trinajstić information content (AvgIpc) is 2.82. The van der Waals surface area contributed by atoms with Crippen molar-refractivity contribution in [2.75, 3.05) is 40.7 Å². The first-order valence-corrected chi connectivity index (χ1v) is 12.7. The number of allylic oxidation sites excluding steroid dienone is 1. The van der Waals surface area contributed by atoms with E-state index in [2.05, 4.69) is 24.3 Å². The topological polar surface area (TPSA) is 80.3 Å². The van der Waals surface area contributed by atoms with E-state index in [1.807, 2.05) is 24.3 Å². The van der Waals surface area contributed by atoms with Gasteiger partial charge < -0.3 is 18.9 Å². The van der Waals surface area contributed by atoms with Gasteiger partial charge in [-0.2, -0.15) is 8.42 Å². The number of hydrogen-bond donors (Lipinski definition) is 0. The molecule has 0 aromatic heterocycles. The normalized spacial score (nSPS) is 16.5. The molecule has 7 nitrogen and oxygen atoms in total. The maximum atomic E-state index is 11.3. The van der Waals surface area contributed by atoms with E-state index in [4.69, 9.17) is 23.1 Å². The zero-order valence-corrected chi connectivity index (χ0v) is 20.2. The van der Waals surface area contributed by atoms with Crippen LogP contribution in [-0.4, -0.2) is 49.1 Å². The van der Waals surface area contributed by atoms with Gasteiger partial charge in [-0.3, -0.25) is 4.18 Å². The molecule has 180 valence electrons. The molecule has 0 spiro atoms. The van der Waals surface area contributed by atoms with Crippen LogP contribution in [0.25, 0.3) is 5.57 Å². The second-order valence-electron chi connectivity index (χ2n) is 8.06. The summed E-state index contributed by atoms with van der Waals surface area (Å²) in [4.78, 5) is 0. The van der Waals surface area contributed by atoms with Gasteiger partial charge in [0.1, 0.15) is 11.5 Å². The summed E-state index contributed by atoms with van der Waals surface area (Å²) < 4.78 is 48.7. The molecule has 8 heteroatoms. The third kappa shape index (κ3) is 7.85. The van der Waals surface area contributed by atoms with E-state index in [0.717, 1.165) is 54.6 Å². The molecule has 0 N–H and O–H groups in total. The van der Waals surface area contributed by atoms with Crippen LogP contribution in [0.2, 0.25) is 0 Å². The first-order chi connectivity index (χ1) is 15.9. The van der Waals surface area contributed by atoms with Crippen LogP contribution < -0.4 is 9.47 Å². The highest BCUT2D eigenvalue weighted by Crippen LogP contribution is 2.38. The maximum absolute atomic E-state index is 11.3. The van der Waals surface area contributed by atoms with Crippen molar-refractivity contribution < 1.29 is 31.5 Å². The lowest BCUT2D eigenvalue weighted by atomic mass is 9.81. The number of benzene rings is 2. The fraction of sp³-hybridized carbons (Fsp3) is 0.440. The summed E-state index contributed by atoms with van der Waals surface area (Å²) in [5.74, 6) is 1.73. The molecule has 2 aromatic carbocycles. The molecule has 0 unspecified atom stereocenters. The van der Waals surface area contributed by atoms with Gasteiger partial charge in [0.2, 0.25) is 0 Å². The molecule has 0 heterocycles. The van der Waals surface area contributed by atoms with E-state index in [-0.39, 0.29) is 26.1 Å². The number of rotatable bonds is 11. The smallest absolute Gasteiger partial charge is 0.264 e.